The largest absolute Gasteiger partial charge is 0.610 e. The lowest BCUT2D eigenvalue weighted by Gasteiger charge is -2.05. The van der Waals surface area contributed by atoms with Crippen LogP contribution < -0.4 is 5.56 Å². The van der Waals surface area contributed by atoms with E-state index in [-0.39, 0.29) is 11.1 Å². The second kappa shape index (κ2) is 4.44. The Morgan fingerprint density at radius 2 is 2.21 bits per heavy atom. The van der Waals surface area contributed by atoms with Gasteiger partial charge in [0, 0.05) is 30.6 Å². The van der Waals surface area contributed by atoms with E-state index in [9.17, 15) is 9.35 Å². The summed E-state index contributed by atoms with van der Waals surface area (Å²) in [6.45, 7) is 0. The van der Waals surface area contributed by atoms with Gasteiger partial charge in [-0.1, -0.05) is 0 Å². The summed E-state index contributed by atoms with van der Waals surface area (Å²) < 4.78 is 14.7. The minimum atomic E-state index is -1.22. The number of aromatic nitrogens is 5. The molecule has 3 aromatic rings. The standard InChI is InChI=1S/C10H9N5O2S2/c1-14-8(16)6-7(18-10(12-6)19(2)17)13-9(14)15-5-3-4-11-15/h3-5H,1-2H3. The van der Waals surface area contributed by atoms with Crippen LogP contribution >= 0.6 is 11.3 Å². The first kappa shape index (κ1) is 12.3. The predicted octanol–water partition coefficient (Wildman–Crippen LogP) is 0.313. The topological polar surface area (TPSA) is 88.7 Å². The van der Waals surface area contributed by atoms with Crippen LogP contribution in [0.15, 0.2) is 27.6 Å². The minimum Gasteiger partial charge on any atom is -0.610 e. The number of thiazole rings is 1. The second-order valence-corrected chi connectivity index (χ2v) is 6.35. The number of fused-ring (bicyclic) bond motifs is 1. The highest BCUT2D eigenvalue weighted by Gasteiger charge is 2.18. The molecular formula is C10H9N5O2S2. The van der Waals surface area contributed by atoms with Crippen LogP contribution in [0.1, 0.15) is 0 Å². The summed E-state index contributed by atoms with van der Waals surface area (Å²) >= 11 is -0.0601. The van der Waals surface area contributed by atoms with Crippen molar-refractivity contribution < 1.29 is 4.55 Å². The normalized spacial score (nSPS) is 13.0. The molecule has 9 heteroatoms. The third-order valence-electron chi connectivity index (χ3n) is 2.55. The van der Waals surface area contributed by atoms with Gasteiger partial charge >= 0.3 is 4.34 Å². The fourth-order valence-electron chi connectivity index (χ4n) is 1.64. The van der Waals surface area contributed by atoms with Crippen molar-refractivity contribution in [2.24, 2.45) is 7.05 Å². The Balaban J connectivity index is 2.32. The summed E-state index contributed by atoms with van der Waals surface area (Å²) in [6, 6.07) is 1.75. The van der Waals surface area contributed by atoms with Crippen molar-refractivity contribution in [2.45, 2.75) is 4.34 Å². The van der Waals surface area contributed by atoms with Crippen molar-refractivity contribution in [1.29, 1.82) is 0 Å². The monoisotopic (exact) mass is 295 g/mol. The van der Waals surface area contributed by atoms with Crippen molar-refractivity contribution in [1.82, 2.24) is 24.3 Å². The van der Waals surface area contributed by atoms with Crippen LogP contribution in [0.25, 0.3) is 16.3 Å². The molecule has 0 radical (unpaired) electrons. The Bertz CT molecular complexity index is 790. The van der Waals surface area contributed by atoms with Gasteiger partial charge in [-0.2, -0.15) is 15.1 Å². The Morgan fingerprint density at radius 1 is 1.42 bits per heavy atom. The minimum absolute atomic E-state index is 0.244. The highest BCUT2D eigenvalue weighted by atomic mass is 32.2. The van der Waals surface area contributed by atoms with Crippen LogP contribution in [0.3, 0.4) is 0 Å². The summed E-state index contributed by atoms with van der Waals surface area (Å²) in [5.74, 6) is 0.402. The molecule has 0 saturated carbocycles. The van der Waals surface area contributed by atoms with Gasteiger partial charge in [-0.05, 0) is 17.4 Å². The first-order valence-corrected chi connectivity index (χ1v) is 7.66. The van der Waals surface area contributed by atoms with Crippen LogP contribution in [0.2, 0.25) is 0 Å². The molecule has 19 heavy (non-hydrogen) atoms. The zero-order valence-electron chi connectivity index (χ0n) is 10.1. The molecule has 0 fully saturated rings. The first-order chi connectivity index (χ1) is 9.08. The lowest BCUT2D eigenvalue weighted by Crippen LogP contribution is -2.23. The zero-order valence-corrected chi connectivity index (χ0v) is 11.7. The lowest BCUT2D eigenvalue weighted by molar-refractivity contribution is 0.600. The zero-order chi connectivity index (χ0) is 13.6. The third kappa shape index (κ3) is 1.95. The van der Waals surface area contributed by atoms with Crippen LogP contribution in [-0.4, -0.2) is 35.1 Å². The fourth-order valence-corrected chi connectivity index (χ4v) is 3.22. The number of nitrogens with zero attached hydrogens (tertiary/aromatic N) is 5. The average Bonchev–Trinajstić information content (AvgIpc) is 3.02. The van der Waals surface area contributed by atoms with E-state index >= 15 is 0 Å². The van der Waals surface area contributed by atoms with E-state index in [0.29, 0.717) is 15.1 Å². The van der Waals surface area contributed by atoms with Gasteiger partial charge in [0.25, 0.3) is 5.56 Å². The molecule has 0 amide bonds. The molecule has 0 aliphatic carbocycles. The summed E-state index contributed by atoms with van der Waals surface area (Å²) in [7, 11) is 1.60. The first-order valence-electron chi connectivity index (χ1n) is 5.29. The lowest BCUT2D eigenvalue weighted by atomic mass is 10.5. The van der Waals surface area contributed by atoms with Gasteiger partial charge in [0.05, 0.1) is 0 Å². The summed E-state index contributed by atoms with van der Waals surface area (Å²) in [5, 5.41) is 4.06. The van der Waals surface area contributed by atoms with Crippen LogP contribution in [0.4, 0.5) is 0 Å². The van der Waals surface area contributed by atoms with Crippen molar-refractivity contribution >= 4 is 32.9 Å². The number of hydrogen-bond donors (Lipinski definition) is 0. The van der Waals surface area contributed by atoms with E-state index in [4.69, 9.17) is 0 Å². The van der Waals surface area contributed by atoms with E-state index in [1.54, 1.807) is 25.5 Å². The molecule has 3 aromatic heterocycles. The maximum atomic E-state index is 12.2. The average molecular weight is 295 g/mol. The van der Waals surface area contributed by atoms with Gasteiger partial charge in [0.2, 0.25) is 5.95 Å². The second-order valence-electron chi connectivity index (χ2n) is 3.81. The van der Waals surface area contributed by atoms with Gasteiger partial charge < -0.3 is 4.55 Å². The molecule has 0 saturated heterocycles. The molecule has 0 spiro atoms. The van der Waals surface area contributed by atoms with Gasteiger partial charge in [-0.25, -0.2) is 4.68 Å². The Labute approximate surface area is 114 Å². The van der Waals surface area contributed by atoms with Crippen molar-refractivity contribution in [3.63, 3.8) is 0 Å². The molecule has 0 N–H and O–H groups in total. The van der Waals surface area contributed by atoms with Gasteiger partial charge in [-0.15, -0.1) is 0 Å². The van der Waals surface area contributed by atoms with Gasteiger partial charge in [0.15, 0.2) is 10.3 Å². The molecule has 1 atom stereocenters. The number of hydrogen-bond acceptors (Lipinski definition) is 6. The Morgan fingerprint density at radius 3 is 2.84 bits per heavy atom. The molecule has 3 heterocycles. The molecule has 3 rings (SSSR count). The molecule has 7 nitrogen and oxygen atoms in total. The molecule has 0 aromatic carbocycles. The smallest absolute Gasteiger partial charge is 0.304 e. The quantitative estimate of drug-likeness (QED) is 0.635. The van der Waals surface area contributed by atoms with Crippen LogP contribution in [-0.2, 0) is 18.2 Å². The molecule has 98 valence electrons. The van der Waals surface area contributed by atoms with Crippen LogP contribution in [0, 0.1) is 0 Å². The number of rotatable bonds is 2. The Kier molecular flexibility index (Phi) is 2.88. The molecule has 1 unspecified atom stereocenters. The Hall–Kier alpha value is -1.71. The molecule has 0 aliphatic rings. The van der Waals surface area contributed by atoms with E-state index in [0.717, 1.165) is 11.3 Å². The highest BCUT2D eigenvalue weighted by molar-refractivity contribution is 7.92. The third-order valence-corrected chi connectivity index (χ3v) is 4.83. The highest BCUT2D eigenvalue weighted by Crippen LogP contribution is 2.22. The van der Waals surface area contributed by atoms with Crippen LogP contribution in [0.5, 0.6) is 0 Å². The summed E-state index contributed by atoms with van der Waals surface area (Å²) in [5.41, 5.74) is -0.0305. The van der Waals surface area contributed by atoms with E-state index < -0.39 is 11.2 Å². The summed E-state index contributed by atoms with van der Waals surface area (Å²) in [4.78, 5) is 21.1. The van der Waals surface area contributed by atoms with Gasteiger partial charge in [-0.3, -0.25) is 9.36 Å². The predicted molar refractivity (Wildman–Crippen MR) is 72.1 cm³/mol. The fraction of sp³-hybridized carbons (Fsp3) is 0.200. The van der Waals surface area contributed by atoms with Crippen molar-refractivity contribution in [3.05, 3.63) is 28.8 Å². The maximum absolute atomic E-state index is 12.2. The van der Waals surface area contributed by atoms with Crippen molar-refractivity contribution in [2.75, 3.05) is 6.26 Å². The van der Waals surface area contributed by atoms with E-state index in [2.05, 4.69) is 15.1 Å². The van der Waals surface area contributed by atoms with Crippen molar-refractivity contribution in [3.8, 4) is 5.95 Å². The SMILES string of the molecule is Cn1c(-n2cccn2)nc2sc([S+](C)[O-])nc2c1=O. The summed E-state index contributed by atoms with van der Waals surface area (Å²) in [6.07, 6.45) is 4.83. The van der Waals surface area contributed by atoms with Gasteiger partial charge in [0.1, 0.15) is 6.26 Å². The van der Waals surface area contributed by atoms with E-state index in [1.165, 1.54) is 15.5 Å². The molecule has 0 bridgehead atoms. The maximum Gasteiger partial charge on any atom is 0.304 e. The molecular weight excluding hydrogens is 286 g/mol. The van der Waals surface area contributed by atoms with E-state index in [1.807, 2.05) is 0 Å². The molecule has 0 aliphatic heterocycles.